The third-order valence-corrected chi connectivity index (χ3v) is 7.18. The molecule has 0 bridgehead atoms. The quantitative estimate of drug-likeness (QED) is 0.609. The van der Waals surface area contributed by atoms with Gasteiger partial charge in [-0.25, -0.2) is 0 Å². The number of carbonyl (C=O) groups is 1. The van der Waals surface area contributed by atoms with E-state index in [1.165, 1.54) is 11.8 Å². The Balaban J connectivity index is 1.46. The normalized spacial score (nSPS) is 32.5. The van der Waals surface area contributed by atoms with Gasteiger partial charge in [-0.3, -0.25) is 9.79 Å². The molecule has 0 aromatic heterocycles. The number of anilines is 1. The third-order valence-electron chi connectivity index (χ3n) is 5.87. The largest absolute Gasteiger partial charge is 0.497 e. The number of amidine groups is 1. The van der Waals surface area contributed by atoms with E-state index in [9.17, 15) is 15.0 Å². The second kappa shape index (κ2) is 8.31. The van der Waals surface area contributed by atoms with Crippen LogP contribution in [-0.2, 0) is 4.79 Å². The minimum Gasteiger partial charge on any atom is -0.497 e. The van der Waals surface area contributed by atoms with Crippen LogP contribution in [-0.4, -0.2) is 57.9 Å². The zero-order valence-corrected chi connectivity index (χ0v) is 16.7. The topological polar surface area (TPSA) is 103 Å². The zero-order valence-electron chi connectivity index (χ0n) is 15.9. The van der Waals surface area contributed by atoms with Crippen molar-refractivity contribution in [2.45, 2.75) is 61.6 Å². The molecule has 0 saturated heterocycles. The van der Waals surface area contributed by atoms with E-state index in [0.29, 0.717) is 5.17 Å². The fraction of sp³-hybridized carbons (Fsp3) is 0.600. The minimum absolute atomic E-state index is 0.0266. The summed E-state index contributed by atoms with van der Waals surface area (Å²) in [5.74, 6) is 0.372. The van der Waals surface area contributed by atoms with Gasteiger partial charge < -0.3 is 25.6 Å². The van der Waals surface area contributed by atoms with Gasteiger partial charge in [0.05, 0.1) is 25.2 Å². The molecule has 1 aliphatic heterocycles. The first-order valence-electron chi connectivity index (χ1n) is 9.87. The summed E-state index contributed by atoms with van der Waals surface area (Å²) in [4.78, 5) is 17.5. The molecule has 1 aromatic rings. The lowest BCUT2D eigenvalue weighted by molar-refractivity contribution is -0.130. The Hall–Kier alpha value is -1.77. The molecular weight excluding hydrogens is 378 g/mol. The third kappa shape index (κ3) is 3.99. The van der Waals surface area contributed by atoms with Gasteiger partial charge >= 0.3 is 0 Å². The molecule has 5 atom stereocenters. The summed E-state index contributed by atoms with van der Waals surface area (Å²) < 4.78 is 5.17. The van der Waals surface area contributed by atoms with Crippen molar-refractivity contribution in [3.8, 4) is 5.75 Å². The predicted molar refractivity (Wildman–Crippen MR) is 110 cm³/mol. The second-order valence-corrected chi connectivity index (χ2v) is 8.92. The Kier molecular flexibility index (Phi) is 5.80. The summed E-state index contributed by atoms with van der Waals surface area (Å²) in [7, 11) is 1.62. The average molecular weight is 406 g/mol. The summed E-state index contributed by atoms with van der Waals surface area (Å²) in [5.41, 5.74) is 0.854. The van der Waals surface area contributed by atoms with Gasteiger partial charge in [-0.1, -0.05) is 24.6 Å². The fourth-order valence-electron chi connectivity index (χ4n) is 4.28. The molecule has 2 aliphatic carbocycles. The Morgan fingerprint density at radius 3 is 2.61 bits per heavy atom. The van der Waals surface area contributed by atoms with Crippen molar-refractivity contribution < 1.29 is 19.7 Å². The van der Waals surface area contributed by atoms with Crippen molar-refractivity contribution in [3.05, 3.63) is 24.3 Å². The molecule has 0 radical (unpaired) electrons. The van der Waals surface area contributed by atoms with Gasteiger partial charge in [-0.15, -0.1) is 0 Å². The molecule has 4 rings (SSSR count). The molecule has 1 aromatic carbocycles. The first kappa shape index (κ1) is 19.5. The van der Waals surface area contributed by atoms with Gasteiger partial charge in [0.2, 0.25) is 5.91 Å². The molecule has 5 unspecified atom stereocenters. The van der Waals surface area contributed by atoms with Crippen molar-refractivity contribution >= 4 is 28.5 Å². The summed E-state index contributed by atoms with van der Waals surface area (Å²) in [5, 5.41) is 27.6. The van der Waals surface area contributed by atoms with Crippen molar-refractivity contribution in [1.29, 1.82) is 0 Å². The Morgan fingerprint density at radius 1 is 1.21 bits per heavy atom. The van der Waals surface area contributed by atoms with Gasteiger partial charge in [0.1, 0.15) is 11.9 Å². The maximum atomic E-state index is 12.9. The van der Waals surface area contributed by atoms with Gasteiger partial charge in [0, 0.05) is 17.0 Å². The molecule has 2 saturated carbocycles. The summed E-state index contributed by atoms with van der Waals surface area (Å²) in [6.45, 7) is 0. The predicted octanol–water partition coefficient (Wildman–Crippen LogP) is 1.75. The maximum Gasteiger partial charge on any atom is 0.224 e. The number of aliphatic imine (C=N–C) groups is 1. The summed E-state index contributed by atoms with van der Waals surface area (Å²) >= 11 is 1.48. The fourth-order valence-corrected chi connectivity index (χ4v) is 5.66. The van der Waals surface area contributed by atoms with Crippen LogP contribution in [0, 0.1) is 5.92 Å². The number of nitrogens with one attached hydrogen (secondary N) is 2. The van der Waals surface area contributed by atoms with E-state index in [-0.39, 0.29) is 29.5 Å². The molecule has 3 aliphatic rings. The zero-order chi connectivity index (χ0) is 19.7. The Bertz CT molecular complexity index is 735. The van der Waals surface area contributed by atoms with Crippen molar-refractivity contribution in [3.63, 3.8) is 0 Å². The van der Waals surface area contributed by atoms with Gasteiger partial charge in [0.15, 0.2) is 5.17 Å². The number of hydrogen-bond acceptors (Lipinski definition) is 7. The average Bonchev–Trinajstić information content (AvgIpc) is 3.35. The molecule has 2 fully saturated rings. The van der Waals surface area contributed by atoms with E-state index in [0.717, 1.165) is 37.1 Å². The van der Waals surface area contributed by atoms with E-state index in [2.05, 4.69) is 15.6 Å². The van der Waals surface area contributed by atoms with Gasteiger partial charge in [-0.2, -0.15) is 0 Å². The van der Waals surface area contributed by atoms with Gasteiger partial charge in [0.25, 0.3) is 0 Å². The van der Waals surface area contributed by atoms with Crippen molar-refractivity contribution in [2.24, 2.45) is 10.9 Å². The lowest BCUT2D eigenvalue weighted by Gasteiger charge is -2.37. The minimum atomic E-state index is -0.955. The van der Waals surface area contributed by atoms with E-state index in [4.69, 9.17) is 4.74 Å². The molecule has 8 heteroatoms. The number of nitrogens with zero attached hydrogens (tertiary/aromatic N) is 1. The Labute approximate surface area is 169 Å². The second-order valence-electron chi connectivity index (χ2n) is 7.75. The van der Waals surface area contributed by atoms with Crippen LogP contribution in [0.5, 0.6) is 5.75 Å². The highest BCUT2D eigenvalue weighted by Gasteiger charge is 2.50. The standard InChI is InChI=1S/C20H27N3O4S/c1-27-13-8-6-12(7-9-13)22-20-23-16-17(25)15(24)10-14(18(16)28-20)19(26)21-11-4-2-3-5-11/h6-9,11,14-18,24-25H,2-5,10H2,1H3,(H,21,26)(H,22,23). The van der Waals surface area contributed by atoms with Crippen LogP contribution in [0.3, 0.4) is 0 Å². The molecule has 4 N–H and O–H groups in total. The van der Waals surface area contributed by atoms with Crippen LogP contribution in [0.1, 0.15) is 32.1 Å². The number of aliphatic hydroxyl groups is 2. The van der Waals surface area contributed by atoms with Crippen LogP contribution in [0.2, 0.25) is 0 Å². The number of fused-ring (bicyclic) bond motifs is 1. The van der Waals surface area contributed by atoms with Crippen LogP contribution < -0.4 is 15.4 Å². The number of aliphatic hydroxyl groups excluding tert-OH is 2. The molecule has 0 spiro atoms. The number of thioether (sulfide) groups is 1. The smallest absolute Gasteiger partial charge is 0.224 e. The number of amides is 1. The lowest BCUT2D eigenvalue weighted by Crippen LogP contribution is -2.54. The van der Waals surface area contributed by atoms with Crippen LogP contribution >= 0.6 is 11.8 Å². The van der Waals surface area contributed by atoms with E-state index in [1.807, 2.05) is 24.3 Å². The highest BCUT2D eigenvalue weighted by Crippen LogP contribution is 2.41. The van der Waals surface area contributed by atoms with Gasteiger partial charge in [-0.05, 0) is 43.5 Å². The first-order chi connectivity index (χ1) is 13.5. The molecule has 1 heterocycles. The van der Waals surface area contributed by atoms with E-state index >= 15 is 0 Å². The number of ether oxygens (including phenoxy) is 1. The number of hydrogen-bond donors (Lipinski definition) is 4. The number of benzene rings is 1. The highest BCUT2D eigenvalue weighted by atomic mass is 32.2. The molecular formula is C20H27N3O4S. The Morgan fingerprint density at radius 2 is 1.93 bits per heavy atom. The van der Waals surface area contributed by atoms with Crippen LogP contribution in [0.25, 0.3) is 0 Å². The monoisotopic (exact) mass is 405 g/mol. The molecule has 28 heavy (non-hydrogen) atoms. The molecule has 1 amide bonds. The van der Waals surface area contributed by atoms with Crippen molar-refractivity contribution in [1.82, 2.24) is 5.32 Å². The molecule has 7 nitrogen and oxygen atoms in total. The number of methoxy groups -OCH3 is 1. The van der Waals surface area contributed by atoms with E-state index in [1.54, 1.807) is 7.11 Å². The molecule has 152 valence electrons. The van der Waals surface area contributed by atoms with Crippen molar-refractivity contribution in [2.75, 3.05) is 12.4 Å². The summed E-state index contributed by atoms with van der Waals surface area (Å²) in [6, 6.07) is 7.23. The van der Waals surface area contributed by atoms with Crippen LogP contribution in [0.15, 0.2) is 29.3 Å². The first-order valence-corrected chi connectivity index (χ1v) is 10.7. The van der Waals surface area contributed by atoms with Crippen LogP contribution in [0.4, 0.5) is 5.69 Å². The summed E-state index contributed by atoms with van der Waals surface area (Å²) in [6.07, 6.45) is 2.71. The maximum absolute atomic E-state index is 12.9. The lowest BCUT2D eigenvalue weighted by atomic mass is 9.81. The van der Waals surface area contributed by atoms with E-state index < -0.39 is 18.2 Å². The number of rotatable bonds is 4. The number of carbonyl (C=O) groups excluding carboxylic acids is 1. The highest BCUT2D eigenvalue weighted by molar-refractivity contribution is 8.15. The SMILES string of the molecule is COc1ccc(NC2=NC3C(O)C(O)CC(C(=O)NC4CCCC4)C3S2)cc1.